The van der Waals surface area contributed by atoms with Crippen molar-refractivity contribution in [1.82, 2.24) is 0 Å². The smallest absolute Gasteiger partial charge is 0.153 e. The minimum Gasteiger partial charge on any atom is -0.479 e. The second-order valence-electron chi connectivity index (χ2n) is 7.87. The van der Waals surface area contributed by atoms with Crippen molar-refractivity contribution in [3.8, 4) is 5.75 Å². The van der Waals surface area contributed by atoms with Gasteiger partial charge in [0.2, 0.25) is 0 Å². The van der Waals surface area contributed by atoms with Gasteiger partial charge in [-0.25, -0.2) is 0 Å². The second-order valence-corrected chi connectivity index (χ2v) is 8.89. The van der Waals surface area contributed by atoms with Crippen LogP contribution in [0, 0.1) is 0 Å². The van der Waals surface area contributed by atoms with Gasteiger partial charge in [0.05, 0.1) is 6.10 Å². The molecule has 0 spiro atoms. The van der Waals surface area contributed by atoms with Gasteiger partial charge < -0.3 is 9.84 Å². The summed E-state index contributed by atoms with van der Waals surface area (Å²) in [5.41, 5.74) is 1.39. The SMILES string of the molecule is CCCCCCCCCCC(Br)Oc1ccc(C2CCC(O)CC2)cc1. The highest BCUT2D eigenvalue weighted by atomic mass is 79.9. The highest BCUT2D eigenvalue weighted by molar-refractivity contribution is 9.09. The molecule has 0 heterocycles. The molecule has 3 heteroatoms. The van der Waals surface area contributed by atoms with Crippen molar-refractivity contribution < 1.29 is 9.84 Å². The third-order valence-electron chi connectivity index (χ3n) is 5.60. The zero-order valence-corrected chi connectivity index (χ0v) is 18.1. The average molecular weight is 425 g/mol. The van der Waals surface area contributed by atoms with E-state index in [9.17, 15) is 5.11 Å². The first kappa shape index (κ1) is 21.8. The van der Waals surface area contributed by atoms with E-state index >= 15 is 0 Å². The Morgan fingerprint density at radius 2 is 1.50 bits per heavy atom. The highest BCUT2D eigenvalue weighted by Crippen LogP contribution is 2.33. The van der Waals surface area contributed by atoms with Gasteiger partial charge >= 0.3 is 0 Å². The van der Waals surface area contributed by atoms with Gasteiger partial charge in [0.15, 0.2) is 5.01 Å². The molecule has 1 aromatic rings. The summed E-state index contributed by atoms with van der Waals surface area (Å²) in [6, 6.07) is 8.60. The number of alkyl halides is 1. The number of benzene rings is 1. The number of ether oxygens (including phenoxy) is 1. The van der Waals surface area contributed by atoms with Crippen LogP contribution in [0.5, 0.6) is 5.75 Å². The lowest BCUT2D eigenvalue weighted by Gasteiger charge is -2.25. The van der Waals surface area contributed by atoms with E-state index in [1.54, 1.807) is 0 Å². The van der Waals surface area contributed by atoms with Crippen LogP contribution in [-0.2, 0) is 0 Å². The number of aliphatic hydroxyl groups is 1. The first-order chi connectivity index (χ1) is 12.7. The van der Waals surface area contributed by atoms with E-state index in [1.807, 2.05) is 0 Å². The number of hydrogen-bond acceptors (Lipinski definition) is 2. The third-order valence-corrected chi connectivity index (χ3v) is 6.24. The molecule has 0 aromatic heterocycles. The molecule has 2 nitrogen and oxygen atoms in total. The zero-order valence-electron chi connectivity index (χ0n) is 16.5. The number of halogens is 1. The lowest BCUT2D eigenvalue weighted by atomic mass is 9.83. The fourth-order valence-corrected chi connectivity index (χ4v) is 4.41. The van der Waals surface area contributed by atoms with Crippen LogP contribution < -0.4 is 4.74 Å². The number of hydrogen-bond donors (Lipinski definition) is 1. The molecule has 1 atom stereocenters. The van der Waals surface area contributed by atoms with Crippen LogP contribution in [0.15, 0.2) is 24.3 Å². The van der Waals surface area contributed by atoms with Crippen molar-refractivity contribution in [2.45, 2.75) is 107 Å². The molecule has 1 saturated carbocycles. The Bertz CT molecular complexity index is 466. The Morgan fingerprint density at radius 3 is 2.12 bits per heavy atom. The zero-order chi connectivity index (χ0) is 18.6. The summed E-state index contributed by atoms with van der Waals surface area (Å²) < 4.78 is 6.01. The molecule has 1 N–H and O–H groups in total. The van der Waals surface area contributed by atoms with E-state index in [0.29, 0.717) is 5.92 Å². The summed E-state index contributed by atoms with van der Waals surface area (Å²) in [4.78, 5) is 0. The van der Waals surface area contributed by atoms with Crippen molar-refractivity contribution in [3.05, 3.63) is 29.8 Å². The Labute approximate surface area is 168 Å². The molecule has 0 radical (unpaired) electrons. The third kappa shape index (κ3) is 8.43. The van der Waals surface area contributed by atoms with Gasteiger partial charge in [-0.15, -0.1) is 0 Å². The number of aliphatic hydroxyl groups excluding tert-OH is 1. The standard InChI is InChI=1S/C23H37BrO2/c1-2-3-4-5-6-7-8-9-10-23(24)26-22-17-13-20(14-18-22)19-11-15-21(25)16-12-19/h13-14,17-19,21,23,25H,2-12,15-16H2,1H3. The van der Waals surface area contributed by atoms with Gasteiger partial charge in [0.1, 0.15) is 5.75 Å². The maximum absolute atomic E-state index is 9.64. The van der Waals surface area contributed by atoms with E-state index in [0.717, 1.165) is 37.9 Å². The van der Waals surface area contributed by atoms with Crippen molar-refractivity contribution in [2.75, 3.05) is 0 Å². The van der Waals surface area contributed by atoms with Crippen molar-refractivity contribution in [3.63, 3.8) is 0 Å². The van der Waals surface area contributed by atoms with E-state index in [4.69, 9.17) is 4.74 Å². The molecule has 1 fully saturated rings. The van der Waals surface area contributed by atoms with Gasteiger partial charge in [-0.2, -0.15) is 0 Å². The molecular formula is C23H37BrO2. The van der Waals surface area contributed by atoms with Crippen LogP contribution in [-0.4, -0.2) is 16.2 Å². The predicted octanol–water partition coefficient (Wildman–Crippen LogP) is 7.34. The Hall–Kier alpha value is -0.540. The Balaban J connectivity index is 1.59. The van der Waals surface area contributed by atoms with Crippen LogP contribution >= 0.6 is 15.9 Å². The first-order valence-corrected chi connectivity index (χ1v) is 11.7. The number of rotatable bonds is 12. The van der Waals surface area contributed by atoms with Crippen LogP contribution in [0.4, 0.5) is 0 Å². The number of unbranched alkanes of at least 4 members (excludes halogenated alkanes) is 7. The van der Waals surface area contributed by atoms with E-state index < -0.39 is 0 Å². The van der Waals surface area contributed by atoms with E-state index in [-0.39, 0.29) is 11.1 Å². The fourth-order valence-electron chi connectivity index (χ4n) is 3.87. The fraction of sp³-hybridized carbons (Fsp3) is 0.739. The monoisotopic (exact) mass is 424 g/mol. The van der Waals surface area contributed by atoms with Gasteiger partial charge in [0.25, 0.3) is 0 Å². The topological polar surface area (TPSA) is 29.5 Å². The molecule has 0 bridgehead atoms. The van der Waals surface area contributed by atoms with Crippen LogP contribution in [0.25, 0.3) is 0 Å². The maximum Gasteiger partial charge on any atom is 0.153 e. The predicted molar refractivity (Wildman–Crippen MR) is 114 cm³/mol. The van der Waals surface area contributed by atoms with E-state index in [1.165, 1.54) is 56.9 Å². The van der Waals surface area contributed by atoms with Crippen LogP contribution in [0.2, 0.25) is 0 Å². The Morgan fingerprint density at radius 1 is 0.923 bits per heavy atom. The van der Waals surface area contributed by atoms with Crippen molar-refractivity contribution >= 4 is 15.9 Å². The van der Waals surface area contributed by atoms with Gasteiger partial charge in [0, 0.05) is 0 Å². The highest BCUT2D eigenvalue weighted by Gasteiger charge is 2.20. The van der Waals surface area contributed by atoms with Crippen molar-refractivity contribution in [2.24, 2.45) is 0 Å². The summed E-state index contributed by atoms with van der Waals surface area (Å²) >= 11 is 3.67. The van der Waals surface area contributed by atoms with E-state index in [2.05, 4.69) is 47.1 Å². The molecule has 0 saturated heterocycles. The minimum atomic E-state index is -0.0839. The molecule has 0 amide bonds. The molecule has 1 unspecified atom stereocenters. The molecule has 1 aliphatic rings. The molecule has 1 aromatic carbocycles. The summed E-state index contributed by atoms with van der Waals surface area (Å²) in [7, 11) is 0. The molecule has 1 aliphatic carbocycles. The molecule has 26 heavy (non-hydrogen) atoms. The average Bonchev–Trinajstić information content (AvgIpc) is 2.65. The Kier molecular flexibility index (Phi) is 10.7. The summed E-state index contributed by atoms with van der Waals surface area (Å²) in [5, 5.41) is 9.75. The first-order valence-electron chi connectivity index (χ1n) is 10.8. The second kappa shape index (κ2) is 12.8. The minimum absolute atomic E-state index is 0.0839. The van der Waals surface area contributed by atoms with Crippen LogP contribution in [0.1, 0.15) is 102 Å². The largest absolute Gasteiger partial charge is 0.479 e. The summed E-state index contributed by atoms with van der Waals surface area (Å²) in [5.74, 6) is 1.55. The molecule has 2 rings (SSSR count). The lowest BCUT2D eigenvalue weighted by Crippen LogP contribution is -2.16. The van der Waals surface area contributed by atoms with Crippen molar-refractivity contribution in [1.29, 1.82) is 0 Å². The maximum atomic E-state index is 9.64. The molecule has 0 aliphatic heterocycles. The normalized spacial score (nSPS) is 21.5. The molecular weight excluding hydrogens is 388 g/mol. The molecule has 148 valence electrons. The summed E-state index contributed by atoms with van der Waals surface area (Å²) in [6.45, 7) is 2.27. The van der Waals surface area contributed by atoms with Gasteiger partial charge in [-0.1, -0.05) is 64.0 Å². The lowest BCUT2D eigenvalue weighted by molar-refractivity contribution is 0.122. The van der Waals surface area contributed by atoms with Gasteiger partial charge in [-0.05, 0) is 78.1 Å². The quantitative estimate of drug-likeness (QED) is 0.280. The van der Waals surface area contributed by atoms with Crippen LogP contribution in [0.3, 0.4) is 0 Å². The van der Waals surface area contributed by atoms with Gasteiger partial charge in [-0.3, -0.25) is 0 Å². The summed E-state index contributed by atoms with van der Waals surface area (Å²) in [6.07, 6.45) is 15.8.